The Morgan fingerprint density at radius 3 is 2.73 bits per heavy atom. The SMILES string of the molecule is COc1nc(N[C@H]2CCN(C3COC3)C[C@@H]2F)nn2ccc(-c3ccc(N=N)c(NC(CF)CF)c3)c12. The summed E-state index contributed by atoms with van der Waals surface area (Å²) < 4.78 is 53.6. The third-order valence-electron chi connectivity index (χ3n) is 6.86. The van der Waals surface area contributed by atoms with Crippen LogP contribution < -0.4 is 15.4 Å². The molecule has 0 amide bonds. The number of hydrogen-bond donors (Lipinski definition) is 3. The van der Waals surface area contributed by atoms with Gasteiger partial charge >= 0.3 is 0 Å². The van der Waals surface area contributed by atoms with E-state index in [2.05, 4.69) is 30.7 Å². The molecule has 0 spiro atoms. The molecule has 13 heteroatoms. The molecular formula is C24H29F3N8O2. The van der Waals surface area contributed by atoms with E-state index in [4.69, 9.17) is 15.0 Å². The average Bonchev–Trinajstić information content (AvgIpc) is 3.31. The number of likely N-dealkylation sites (tertiary alicyclic amines) is 1. The number of nitrogens with one attached hydrogen (secondary N) is 3. The first-order valence-electron chi connectivity index (χ1n) is 12.1. The zero-order chi connectivity index (χ0) is 25.9. The Bertz CT molecular complexity index is 1250. The number of methoxy groups -OCH3 is 1. The highest BCUT2D eigenvalue weighted by atomic mass is 19.1. The van der Waals surface area contributed by atoms with E-state index in [9.17, 15) is 13.2 Å². The third kappa shape index (κ3) is 5.05. The van der Waals surface area contributed by atoms with E-state index in [1.54, 1.807) is 28.9 Å². The van der Waals surface area contributed by atoms with Crippen molar-refractivity contribution < 1.29 is 22.6 Å². The molecule has 37 heavy (non-hydrogen) atoms. The summed E-state index contributed by atoms with van der Waals surface area (Å²) in [5, 5.41) is 13.9. The fraction of sp³-hybridized carbons (Fsp3) is 0.500. The standard InChI is InChI=1S/C24H29F3N8O2/c1-36-23-22-17(14-2-3-20(32-28)21(8-14)29-15(9-25)10-26)4-7-35(22)33-24(31-23)30-19-5-6-34(11-18(19)27)16-12-37-13-16/h2-4,7-8,15-16,18-19,28-29H,5-6,9-13H2,1H3,(H,30,33)/t18-,19-/m0/s1. The molecule has 0 bridgehead atoms. The lowest BCUT2D eigenvalue weighted by Gasteiger charge is -2.42. The van der Waals surface area contributed by atoms with E-state index >= 15 is 0 Å². The Hall–Kier alpha value is -3.45. The maximum atomic E-state index is 15.0. The summed E-state index contributed by atoms with van der Waals surface area (Å²) in [6, 6.07) is 5.64. The summed E-state index contributed by atoms with van der Waals surface area (Å²) in [5.41, 5.74) is 9.93. The van der Waals surface area contributed by atoms with Crippen LogP contribution in [0.2, 0.25) is 0 Å². The molecule has 2 aliphatic rings. The largest absolute Gasteiger partial charge is 0.479 e. The number of ether oxygens (including phenoxy) is 2. The van der Waals surface area contributed by atoms with Crippen molar-refractivity contribution in [1.29, 1.82) is 5.53 Å². The van der Waals surface area contributed by atoms with Gasteiger partial charge in [0.15, 0.2) is 0 Å². The topological polar surface area (TPSA) is 112 Å². The first-order valence-corrected chi connectivity index (χ1v) is 12.1. The molecule has 0 radical (unpaired) electrons. The number of nitrogens with zero attached hydrogens (tertiary/aromatic N) is 5. The lowest BCUT2D eigenvalue weighted by atomic mass is 10.0. The fourth-order valence-corrected chi connectivity index (χ4v) is 4.71. The molecule has 2 saturated heterocycles. The second kappa shape index (κ2) is 10.9. The van der Waals surface area contributed by atoms with Crippen LogP contribution in [0, 0.1) is 5.53 Å². The van der Waals surface area contributed by atoms with Crippen LogP contribution in [0.1, 0.15) is 6.42 Å². The molecule has 2 aromatic heterocycles. The van der Waals surface area contributed by atoms with Crippen LogP contribution in [0.15, 0.2) is 35.6 Å². The number of benzene rings is 1. The van der Waals surface area contributed by atoms with Crippen LogP contribution in [-0.2, 0) is 4.74 Å². The monoisotopic (exact) mass is 518 g/mol. The van der Waals surface area contributed by atoms with Gasteiger partial charge in [0.25, 0.3) is 0 Å². The molecule has 0 aliphatic carbocycles. The van der Waals surface area contributed by atoms with Gasteiger partial charge in [-0.05, 0) is 30.2 Å². The number of halogens is 3. The molecule has 2 aliphatic heterocycles. The number of hydrogen-bond acceptors (Lipinski definition) is 9. The normalized spacial score (nSPS) is 20.7. The van der Waals surface area contributed by atoms with E-state index < -0.39 is 31.6 Å². The van der Waals surface area contributed by atoms with Gasteiger partial charge in [0, 0.05) is 24.8 Å². The van der Waals surface area contributed by atoms with Gasteiger partial charge < -0.3 is 20.1 Å². The smallest absolute Gasteiger partial charge is 0.244 e. The summed E-state index contributed by atoms with van der Waals surface area (Å²) in [5.74, 6) is 0.533. The number of fused-ring (bicyclic) bond motifs is 1. The van der Waals surface area contributed by atoms with Gasteiger partial charge in [-0.2, -0.15) is 10.1 Å². The van der Waals surface area contributed by atoms with E-state index in [0.29, 0.717) is 54.6 Å². The predicted octanol–water partition coefficient (Wildman–Crippen LogP) is 4.01. The van der Waals surface area contributed by atoms with E-state index in [-0.39, 0.29) is 17.5 Å². The second-order valence-corrected chi connectivity index (χ2v) is 9.20. The first-order chi connectivity index (χ1) is 18.0. The van der Waals surface area contributed by atoms with Crippen LogP contribution in [0.4, 0.5) is 30.5 Å². The van der Waals surface area contributed by atoms with Crippen LogP contribution in [0.3, 0.4) is 0 Å². The highest BCUT2D eigenvalue weighted by Gasteiger charge is 2.35. The molecule has 1 aromatic carbocycles. The van der Waals surface area contributed by atoms with Crippen molar-refractivity contribution >= 4 is 22.8 Å². The minimum atomic E-state index is -1.08. The summed E-state index contributed by atoms with van der Waals surface area (Å²) in [6.45, 7) is 0.602. The van der Waals surface area contributed by atoms with Crippen molar-refractivity contribution in [2.75, 3.05) is 57.4 Å². The third-order valence-corrected chi connectivity index (χ3v) is 6.86. The van der Waals surface area contributed by atoms with Crippen molar-refractivity contribution in [1.82, 2.24) is 19.5 Å². The highest BCUT2D eigenvalue weighted by molar-refractivity contribution is 5.87. The van der Waals surface area contributed by atoms with Crippen molar-refractivity contribution in [3.8, 4) is 17.0 Å². The lowest BCUT2D eigenvalue weighted by molar-refractivity contribution is -0.0794. The second-order valence-electron chi connectivity index (χ2n) is 9.20. The molecule has 10 nitrogen and oxygen atoms in total. The molecule has 2 atom stereocenters. The van der Waals surface area contributed by atoms with Gasteiger partial charge in [-0.3, -0.25) is 4.90 Å². The van der Waals surface area contributed by atoms with Gasteiger partial charge in [0.05, 0.1) is 44.1 Å². The molecular weight excluding hydrogens is 489 g/mol. The Morgan fingerprint density at radius 1 is 1.27 bits per heavy atom. The van der Waals surface area contributed by atoms with Gasteiger partial charge in [-0.1, -0.05) is 6.07 Å². The number of alkyl halides is 3. The van der Waals surface area contributed by atoms with Crippen LogP contribution in [0.5, 0.6) is 5.88 Å². The number of piperidine rings is 1. The Balaban J connectivity index is 1.40. The summed E-state index contributed by atoms with van der Waals surface area (Å²) >= 11 is 0. The number of anilines is 2. The number of rotatable bonds is 10. The maximum Gasteiger partial charge on any atom is 0.244 e. The van der Waals surface area contributed by atoms with Gasteiger partial charge in [0.2, 0.25) is 11.8 Å². The quantitative estimate of drug-likeness (QED) is 0.348. The molecule has 0 unspecified atom stereocenters. The highest BCUT2D eigenvalue weighted by Crippen LogP contribution is 2.36. The molecule has 0 saturated carbocycles. The fourth-order valence-electron chi connectivity index (χ4n) is 4.71. The van der Waals surface area contributed by atoms with Crippen molar-refractivity contribution in [2.45, 2.75) is 30.7 Å². The lowest BCUT2D eigenvalue weighted by Crippen LogP contribution is -2.57. The zero-order valence-corrected chi connectivity index (χ0v) is 20.3. The average molecular weight is 519 g/mol. The zero-order valence-electron chi connectivity index (χ0n) is 20.3. The number of aromatic nitrogens is 3. The van der Waals surface area contributed by atoms with E-state index in [1.165, 1.54) is 7.11 Å². The maximum absolute atomic E-state index is 15.0. The first kappa shape index (κ1) is 25.2. The Kier molecular flexibility index (Phi) is 7.42. The minimum absolute atomic E-state index is 0.249. The summed E-state index contributed by atoms with van der Waals surface area (Å²) in [6.07, 6.45) is 1.26. The van der Waals surface area contributed by atoms with Gasteiger partial charge in [0.1, 0.15) is 30.7 Å². The molecule has 198 valence electrons. The Labute approximate surface area is 211 Å². The molecule has 4 heterocycles. The van der Waals surface area contributed by atoms with Crippen molar-refractivity contribution in [3.63, 3.8) is 0 Å². The van der Waals surface area contributed by atoms with Gasteiger partial charge in [-0.25, -0.2) is 23.2 Å². The molecule has 3 aromatic rings. The van der Waals surface area contributed by atoms with Gasteiger partial charge in [-0.15, -0.1) is 5.10 Å². The minimum Gasteiger partial charge on any atom is -0.479 e. The summed E-state index contributed by atoms with van der Waals surface area (Å²) in [4.78, 5) is 6.62. The van der Waals surface area contributed by atoms with E-state index in [1.807, 2.05) is 6.07 Å². The van der Waals surface area contributed by atoms with Crippen LogP contribution in [-0.4, -0.2) is 90.6 Å². The Morgan fingerprint density at radius 2 is 2.08 bits per heavy atom. The molecule has 3 N–H and O–H groups in total. The van der Waals surface area contributed by atoms with Crippen molar-refractivity contribution in [3.05, 3.63) is 30.5 Å². The van der Waals surface area contributed by atoms with E-state index in [0.717, 1.165) is 6.54 Å². The summed E-state index contributed by atoms with van der Waals surface area (Å²) in [7, 11) is 1.49. The predicted molar refractivity (Wildman–Crippen MR) is 132 cm³/mol. The van der Waals surface area contributed by atoms with Crippen LogP contribution in [0.25, 0.3) is 16.6 Å². The molecule has 2 fully saturated rings. The molecule has 5 rings (SSSR count). The van der Waals surface area contributed by atoms with Crippen LogP contribution >= 0.6 is 0 Å². The van der Waals surface area contributed by atoms with Crippen molar-refractivity contribution in [2.24, 2.45) is 5.11 Å².